The molecule has 0 spiro atoms. The van der Waals surface area contributed by atoms with E-state index in [4.69, 9.17) is 5.73 Å². The molecule has 0 heterocycles. The quantitative estimate of drug-likeness (QED) is 0.714. The Balaban J connectivity index is 1.92. The Morgan fingerprint density at radius 1 is 1.04 bits per heavy atom. The molecule has 0 bridgehead atoms. The average Bonchev–Trinajstić information content (AvgIpc) is 2.56. The molecule has 2 amide bonds. The molecule has 5 nitrogen and oxygen atoms in total. The van der Waals surface area contributed by atoms with E-state index in [0.717, 1.165) is 12.0 Å². The lowest BCUT2D eigenvalue weighted by molar-refractivity contribution is -0.117. The summed E-state index contributed by atoms with van der Waals surface area (Å²) in [7, 11) is 0. The van der Waals surface area contributed by atoms with E-state index in [0.29, 0.717) is 30.3 Å². The molecule has 1 aliphatic rings. The van der Waals surface area contributed by atoms with Crippen LogP contribution in [0.5, 0.6) is 0 Å². The first-order chi connectivity index (χ1) is 11.6. The molecule has 0 aliphatic heterocycles. The highest BCUT2D eigenvalue weighted by Crippen LogP contribution is 2.28. The van der Waals surface area contributed by atoms with Gasteiger partial charge in [0.15, 0.2) is 0 Å². The Bertz CT molecular complexity index is 566. The molecule has 0 saturated heterocycles. The van der Waals surface area contributed by atoms with E-state index in [9.17, 15) is 9.59 Å². The molecule has 132 valence electrons. The van der Waals surface area contributed by atoms with Crippen molar-refractivity contribution in [2.45, 2.75) is 58.3 Å². The van der Waals surface area contributed by atoms with Gasteiger partial charge in [0.25, 0.3) is 0 Å². The summed E-state index contributed by atoms with van der Waals surface area (Å²) in [4.78, 5) is 24.1. The minimum atomic E-state index is -0.138. The van der Waals surface area contributed by atoms with Gasteiger partial charge in [0.05, 0.1) is 11.4 Å². The smallest absolute Gasteiger partial charge is 0.225 e. The fourth-order valence-corrected chi connectivity index (χ4v) is 3.24. The second-order valence-electron chi connectivity index (χ2n) is 6.73. The molecule has 2 rings (SSSR count). The molecule has 5 heteroatoms. The van der Waals surface area contributed by atoms with Crippen LogP contribution in [-0.4, -0.2) is 18.4 Å². The normalized spacial score (nSPS) is 15.1. The zero-order valence-corrected chi connectivity index (χ0v) is 14.6. The van der Waals surface area contributed by atoms with Crippen molar-refractivity contribution in [2.75, 3.05) is 17.2 Å². The molecule has 1 aromatic carbocycles. The van der Waals surface area contributed by atoms with Gasteiger partial charge < -0.3 is 16.4 Å². The van der Waals surface area contributed by atoms with Gasteiger partial charge in [-0.3, -0.25) is 9.59 Å². The number of rotatable bonds is 7. The third-order valence-electron chi connectivity index (χ3n) is 4.60. The van der Waals surface area contributed by atoms with E-state index in [1.54, 1.807) is 0 Å². The number of nitrogens with one attached hydrogen (secondary N) is 2. The van der Waals surface area contributed by atoms with Crippen molar-refractivity contribution in [3.8, 4) is 0 Å². The lowest BCUT2D eigenvalue weighted by Gasteiger charge is -2.21. The topological polar surface area (TPSA) is 84.2 Å². The van der Waals surface area contributed by atoms with Crippen molar-refractivity contribution in [2.24, 2.45) is 11.7 Å². The van der Waals surface area contributed by atoms with Gasteiger partial charge >= 0.3 is 0 Å². The number of nitrogens with two attached hydrogens (primary N) is 1. The second-order valence-corrected chi connectivity index (χ2v) is 6.73. The molecule has 0 aromatic heterocycles. The van der Waals surface area contributed by atoms with Crippen LogP contribution >= 0.6 is 0 Å². The third kappa shape index (κ3) is 5.96. The second kappa shape index (κ2) is 9.42. The Kier molecular flexibility index (Phi) is 7.25. The van der Waals surface area contributed by atoms with Crippen molar-refractivity contribution in [3.05, 3.63) is 23.8 Å². The Hall–Kier alpha value is -1.88. The Morgan fingerprint density at radius 2 is 1.71 bits per heavy atom. The number of benzene rings is 1. The summed E-state index contributed by atoms with van der Waals surface area (Å²) in [6, 6.07) is 5.63. The van der Waals surface area contributed by atoms with E-state index >= 15 is 0 Å². The van der Waals surface area contributed by atoms with Crippen molar-refractivity contribution in [3.63, 3.8) is 0 Å². The highest BCUT2D eigenvalue weighted by molar-refractivity contribution is 5.99. The molecule has 0 radical (unpaired) electrons. The van der Waals surface area contributed by atoms with Gasteiger partial charge in [-0.25, -0.2) is 0 Å². The lowest BCUT2D eigenvalue weighted by atomic mass is 9.86. The zero-order chi connectivity index (χ0) is 17.4. The number of carbonyl (C=O) groups excluding carboxylic acids is 2. The SMILES string of the molecule is Cc1ccc(NC(=O)CCC2CCCCC2)c(NC(=O)CCN)c1. The predicted molar refractivity (Wildman–Crippen MR) is 97.9 cm³/mol. The van der Waals surface area contributed by atoms with Crippen LogP contribution in [0.1, 0.15) is 56.9 Å². The summed E-state index contributed by atoms with van der Waals surface area (Å²) in [6.07, 6.45) is 8.17. The standard InChI is InChI=1S/C19H29N3O2/c1-14-7-9-16(17(13-14)22-19(24)11-12-20)21-18(23)10-8-15-5-3-2-4-6-15/h7,9,13,15H,2-6,8,10-12,20H2,1H3,(H,21,23)(H,22,24). The van der Waals surface area contributed by atoms with E-state index in [1.165, 1.54) is 32.1 Å². The fourth-order valence-electron chi connectivity index (χ4n) is 3.24. The van der Waals surface area contributed by atoms with E-state index in [2.05, 4.69) is 10.6 Å². The van der Waals surface area contributed by atoms with Gasteiger partial charge in [0.1, 0.15) is 0 Å². The highest BCUT2D eigenvalue weighted by Gasteiger charge is 2.16. The van der Waals surface area contributed by atoms with Crippen LogP contribution in [0.2, 0.25) is 0 Å². The molecule has 0 unspecified atom stereocenters. The minimum absolute atomic E-state index is 0.0127. The number of hydrogen-bond acceptors (Lipinski definition) is 3. The molecule has 24 heavy (non-hydrogen) atoms. The largest absolute Gasteiger partial charge is 0.330 e. The summed E-state index contributed by atoms with van der Waals surface area (Å²) < 4.78 is 0. The number of carbonyl (C=O) groups is 2. The molecule has 1 aromatic rings. The van der Waals surface area contributed by atoms with Gasteiger partial charge in [-0.1, -0.05) is 38.2 Å². The molecule has 1 saturated carbocycles. The van der Waals surface area contributed by atoms with Crippen LogP contribution in [-0.2, 0) is 9.59 Å². The van der Waals surface area contributed by atoms with Gasteiger partial charge in [-0.05, 0) is 37.0 Å². The number of anilines is 2. The van der Waals surface area contributed by atoms with Crippen LogP contribution in [0.15, 0.2) is 18.2 Å². The van der Waals surface area contributed by atoms with E-state index < -0.39 is 0 Å². The van der Waals surface area contributed by atoms with Gasteiger partial charge in [-0.2, -0.15) is 0 Å². The number of aryl methyl sites for hydroxylation is 1. The number of hydrogen-bond donors (Lipinski definition) is 3. The van der Waals surface area contributed by atoms with E-state index in [1.807, 2.05) is 25.1 Å². The van der Waals surface area contributed by atoms with Crippen molar-refractivity contribution < 1.29 is 9.59 Å². The van der Waals surface area contributed by atoms with Gasteiger partial charge in [0, 0.05) is 19.4 Å². The molecule has 0 atom stereocenters. The first-order valence-electron chi connectivity index (χ1n) is 8.99. The first kappa shape index (κ1) is 18.5. The molecule has 4 N–H and O–H groups in total. The zero-order valence-electron chi connectivity index (χ0n) is 14.6. The maximum atomic E-state index is 12.3. The average molecular weight is 331 g/mol. The van der Waals surface area contributed by atoms with Crippen molar-refractivity contribution in [1.82, 2.24) is 0 Å². The third-order valence-corrected chi connectivity index (χ3v) is 4.60. The fraction of sp³-hybridized carbons (Fsp3) is 0.579. The lowest BCUT2D eigenvalue weighted by Crippen LogP contribution is -2.19. The van der Waals surface area contributed by atoms with Crippen molar-refractivity contribution >= 4 is 23.2 Å². The predicted octanol–water partition coefficient (Wildman–Crippen LogP) is 3.58. The van der Waals surface area contributed by atoms with Crippen LogP contribution in [0.25, 0.3) is 0 Å². The molecular weight excluding hydrogens is 302 g/mol. The van der Waals surface area contributed by atoms with Crippen LogP contribution in [0, 0.1) is 12.8 Å². The van der Waals surface area contributed by atoms with Crippen LogP contribution in [0.4, 0.5) is 11.4 Å². The molecule has 1 fully saturated rings. The maximum absolute atomic E-state index is 12.3. The summed E-state index contributed by atoms with van der Waals surface area (Å²) in [5.41, 5.74) is 7.73. The van der Waals surface area contributed by atoms with Crippen LogP contribution in [0.3, 0.4) is 0 Å². The summed E-state index contributed by atoms with van der Waals surface area (Å²) in [5, 5.41) is 5.77. The van der Waals surface area contributed by atoms with Gasteiger partial charge in [0.2, 0.25) is 11.8 Å². The minimum Gasteiger partial charge on any atom is -0.330 e. The van der Waals surface area contributed by atoms with E-state index in [-0.39, 0.29) is 18.2 Å². The van der Waals surface area contributed by atoms with Crippen LogP contribution < -0.4 is 16.4 Å². The Morgan fingerprint density at radius 3 is 2.42 bits per heavy atom. The first-order valence-corrected chi connectivity index (χ1v) is 8.99. The highest BCUT2D eigenvalue weighted by atomic mass is 16.2. The Labute approximate surface area is 144 Å². The molecule has 1 aliphatic carbocycles. The molecular formula is C19H29N3O2. The van der Waals surface area contributed by atoms with Gasteiger partial charge in [-0.15, -0.1) is 0 Å². The maximum Gasteiger partial charge on any atom is 0.225 e. The monoisotopic (exact) mass is 331 g/mol. The summed E-state index contributed by atoms with van der Waals surface area (Å²) in [5.74, 6) is 0.561. The van der Waals surface area contributed by atoms with Crippen molar-refractivity contribution in [1.29, 1.82) is 0 Å². The number of amides is 2. The summed E-state index contributed by atoms with van der Waals surface area (Å²) >= 11 is 0. The summed E-state index contributed by atoms with van der Waals surface area (Å²) in [6.45, 7) is 2.26.